The van der Waals surface area contributed by atoms with Crippen molar-refractivity contribution in [3.05, 3.63) is 34.6 Å². The molecule has 2 bridgehead atoms. The van der Waals surface area contributed by atoms with Crippen molar-refractivity contribution in [3.63, 3.8) is 0 Å². The van der Waals surface area contributed by atoms with Crippen LogP contribution in [0.2, 0.25) is 0 Å². The molecule has 0 aromatic heterocycles. The van der Waals surface area contributed by atoms with E-state index in [1.807, 2.05) is 0 Å². The SMILES string of the molecule is O=C1CCC(N2Cc3c(ccc(F)c3C3C4CCC3CNC4)C2=O)C(=O)N1. The molecule has 1 aliphatic carbocycles. The lowest BCUT2D eigenvalue weighted by molar-refractivity contribution is -0.136. The first kappa shape index (κ1) is 16.9. The van der Waals surface area contributed by atoms with E-state index in [0.29, 0.717) is 29.4 Å². The van der Waals surface area contributed by atoms with Gasteiger partial charge in [-0.25, -0.2) is 4.39 Å². The van der Waals surface area contributed by atoms with Crippen LogP contribution in [0.3, 0.4) is 0 Å². The first-order chi connectivity index (χ1) is 13.0. The van der Waals surface area contributed by atoms with Crippen LogP contribution in [0, 0.1) is 17.7 Å². The predicted octanol–water partition coefficient (Wildman–Crippen LogP) is 1.30. The Labute approximate surface area is 156 Å². The lowest BCUT2D eigenvalue weighted by Gasteiger charge is -2.33. The summed E-state index contributed by atoms with van der Waals surface area (Å²) in [5.41, 5.74) is 1.94. The monoisotopic (exact) mass is 371 g/mol. The molecule has 3 heterocycles. The smallest absolute Gasteiger partial charge is 0.255 e. The molecular formula is C20H22FN3O3. The Bertz CT molecular complexity index is 839. The topological polar surface area (TPSA) is 78.5 Å². The van der Waals surface area contributed by atoms with Crippen LogP contribution in [0.4, 0.5) is 4.39 Å². The van der Waals surface area contributed by atoms with E-state index in [1.54, 1.807) is 6.07 Å². The first-order valence-electron chi connectivity index (χ1n) is 9.71. The van der Waals surface area contributed by atoms with Crippen LogP contribution in [0.1, 0.15) is 53.1 Å². The molecule has 0 radical (unpaired) electrons. The van der Waals surface area contributed by atoms with E-state index in [4.69, 9.17) is 0 Å². The van der Waals surface area contributed by atoms with Crippen LogP contribution in [-0.4, -0.2) is 41.8 Å². The molecule has 0 spiro atoms. The van der Waals surface area contributed by atoms with Gasteiger partial charge in [0.2, 0.25) is 11.8 Å². The second-order valence-corrected chi connectivity index (χ2v) is 8.17. The molecule has 5 rings (SSSR count). The van der Waals surface area contributed by atoms with E-state index in [2.05, 4.69) is 10.6 Å². The summed E-state index contributed by atoms with van der Waals surface area (Å²) >= 11 is 0. The van der Waals surface area contributed by atoms with Crippen molar-refractivity contribution in [2.75, 3.05) is 13.1 Å². The molecular weight excluding hydrogens is 349 g/mol. The van der Waals surface area contributed by atoms with Gasteiger partial charge in [-0.15, -0.1) is 0 Å². The number of nitrogens with one attached hydrogen (secondary N) is 2. The van der Waals surface area contributed by atoms with Gasteiger partial charge in [-0.2, -0.15) is 0 Å². The molecule has 27 heavy (non-hydrogen) atoms. The molecule has 2 saturated heterocycles. The third kappa shape index (κ3) is 2.51. The van der Waals surface area contributed by atoms with Gasteiger partial charge < -0.3 is 10.2 Å². The third-order valence-electron chi connectivity index (χ3n) is 6.78. The highest BCUT2D eigenvalue weighted by Crippen LogP contribution is 2.49. The zero-order valence-corrected chi connectivity index (χ0v) is 15.0. The number of benzene rings is 1. The molecule has 3 amide bonds. The molecule has 1 saturated carbocycles. The normalized spacial score (nSPS) is 32.6. The number of carbonyl (C=O) groups is 3. The van der Waals surface area contributed by atoms with Gasteiger partial charge in [-0.1, -0.05) is 0 Å². The summed E-state index contributed by atoms with van der Waals surface area (Å²) in [5, 5.41) is 5.74. The van der Waals surface area contributed by atoms with Crippen LogP contribution < -0.4 is 10.6 Å². The summed E-state index contributed by atoms with van der Waals surface area (Å²) in [4.78, 5) is 38.2. The Morgan fingerprint density at radius 2 is 1.78 bits per heavy atom. The Balaban J connectivity index is 1.52. The number of carbonyl (C=O) groups excluding carboxylic acids is 3. The summed E-state index contributed by atoms with van der Waals surface area (Å²) in [6.45, 7) is 2.01. The maximum absolute atomic E-state index is 15.0. The van der Waals surface area contributed by atoms with Crippen molar-refractivity contribution in [1.29, 1.82) is 0 Å². The van der Waals surface area contributed by atoms with E-state index in [9.17, 15) is 18.8 Å². The van der Waals surface area contributed by atoms with Gasteiger partial charge in [-0.05, 0) is 73.4 Å². The van der Waals surface area contributed by atoms with Gasteiger partial charge in [-0.3, -0.25) is 19.7 Å². The Hall–Kier alpha value is -2.28. The average Bonchev–Trinajstić information content (AvgIpc) is 3.07. The van der Waals surface area contributed by atoms with Crippen molar-refractivity contribution in [1.82, 2.24) is 15.5 Å². The summed E-state index contributed by atoms with van der Waals surface area (Å²) in [6.07, 6.45) is 2.70. The molecule has 7 heteroatoms. The number of hydrogen-bond acceptors (Lipinski definition) is 4. The van der Waals surface area contributed by atoms with E-state index in [-0.39, 0.29) is 36.5 Å². The zero-order chi connectivity index (χ0) is 18.7. The Morgan fingerprint density at radius 1 is 1.04 bits per heavy atom. The lowest BCUT2D eigenvalue weighted by Crippen LogP contribution is -2.52. The maximum Gasteiger partial charge on any atom is 0.255 e. The number of rotatable bonds is 2. The highest BCUT2D eigenvalue weighted by atomic mass is 19.1. The quantitative estimate of drug-likeness (QED) is 0.768. The molecule has 3 atom stereocenters. The van der Waals surface area contributed by atoms with Crippen LogP contribution in [0.5, 0.6) is 0 Å². The number of piperidine rings is 2. The third-order valence-corrected chi connectivity index (χ3v) is 6.78. The minimum absolute atomic E-state index is 0.135. The van der Waals surface area contributed by atoms with Gasteiger partial charge in [0.15, 0.2) is 0 Å². The molecule has 4 aliphatic rings. The number of nitrogens with zero attached hydrogens (tertiary/aromatic N) is 1. The summed E-state index contributed by atoms with van der Waals surface area (Å²) in [5.74, 6) is -0.294. The summed E-state index contributed by atoms with van der Waals surface area (Å²) in [6, 6.07) is 2.29. The standard InChI is InChI=1S/C20H22FN3O3/c21-14-4-3-12-13(18(14)17-10-1-2-11(17)8-22-7-10)9-24(20(12)27)15-5-6-16(25)23-19(15)26/h3-4,10-11,15,17,22H,1-2,5-9H2,(H,23,25,26). The lowest BCUT2D eigenvalue weighted by atomic mass is 9.78. The molecule has 142 valence electrons. The highest BCUT2D eigenvalue weighted by molar-refractivity contribution is 6.05. The van der Waals surface area contributed by atoms with Gasteiger partial charge >= 0.3 is 0 Å². The molecule has 3 fully saturated rings. The number of halogens is 1. The Kier molecular flexibility index (Phi) is 3.82. The van der Waals surface area contributed by atoms with E-state index in [1.165, 1.54) is 11.0 Å². The predicted molar refractivity (Wildman–Crippen MR) is 94.3 cm³/mol. The number of amides is 3. The van der Waals surface area contributed by atoms with Gasteiger partial charge in [0, 0.05) is 18.5 Å². The minimum Gasteiger partial charge on any atom is -0.322 e. The fourth-order valence-corrected chi connectivity index (χ4v) is 5.55. The minimum atomic E-state index is -0.664. The number of imide groups is 1. The fourth-order valence-electron chi connectivity index (χ4n) is 5.55. The molecule has 2 N–H and O–H groups in total. The van der Waals surface area contributed by atoms with E-state index < -0.39 is 11.9 Å². The number of hydrogen-bond donors (Lipinski definition) is 2. The van der Waals surface area contributed by atoms with Crippen molar-refractivity contribution in [2.45, 2.75) is 44.2 Å². The van der Waals surface area contributed by atoms with Crippen LogP contribution in [0.25, 0.3) is 0 Å². The molecule has 1 aromatic carbocycles. The van der Waals surface area contributed by atoms with Gasteiger partial charge in [0.25, 0.3) is 5.91 Å². The maximum atomic E-state index is 15.0. The van der Waals surface area contributed by atoms with Crippen molar-refractivity contribution >= 4 is 17.7 Å². The van der Waals surface area contributed by atoms with Crippen molar-refractivity contribution in [2.24, 2.45) is 11.8 Å². The fraction of sp³-hybridized carbons (Fsp3) is 0.550. The zero-order valence-electron chi connectivity index (χ0n) is 15.0. The highest BCUT2D eigenvalue weighted by Gasteiger charge is 2.46. The molecule has 3 aliphatic heterocycles. The van der Waals surface area contributed by atoms with Crippen LogP contribution in [-0.2, 0) is 16.1 Å². The van der Waals surface area contributed by atoms with Gasteiger partial charge in [0.1, 0.15) is 11.9 Å². The van der Waals surface area contributed by atoms with Gasteiger partial charge in [0.05, 0.1) is 0 Å². The summed E-state index contributed by atoms with van der Waals surface area (Å²) < 4.78 is 15.0. The second kappa shape index (κ2) is 6.12. The second-order valence-electron chi connectivity index (χ2n) is 8.17. The van der Waals surface area contributed by atoms with Crippen molar-refractivity contribution in [3.8, 4) is 0 Å². The first-order valence-corrected chi connectivity index (χ1v) is 9.71. The van der Waals surface area contributed by atoms with E-state index >= 15 is 0 Å². The van der Waals surface area contributed by atoms with Crippen LogP contribution >= 0.6 is 0 Å². The molecule has 3 unspecified atom stereocenters. The van der Waals surface area contributed by atoms with Crippen LogP contribution in [0.15, 0.2) is 12.1 Å². The van der Waals surface area contributed by atoms with Crippen molar-refractivity contribution < 1.29 is 18.8 Å². The average molecular weight is 371 g/mol. The van der Waals surface area contributed by atoms with E-state index in [0.717, 1.165) is 31.5 Å². The largest absolute Gasteiger partial charge is 0.322 e. The Morgan fingerprint density at radius 3 is 2.48 bits per heavy atom. The summed E-state index contributed by atoms with van der Waals surface area (Å²) in [7, 11) is 0. The molecule has 6 nitrogen and oxygen atoms in total. The molecule has 1 aromatic rings. The number of fused-ring (bicyclic) bond motifs is 3.